The number of carbonyl (C=O) groups is 1. The van der Waals surface area contributed by atoms with Crippen LogP contribution in [0.2, 0.25) is 0 Å². The molecule has 0 fully saturated rings. The van der Waals surface area contributed by atoms with Gasteiger partial charge in [0.15, 0.2) is 5.78 Å². The van der Waals surface area contributed by atoms with Gasteiger partial charge in [-0.2, -0.15) is 0 Å². The summed E-state index contributed by atoms with van der Waals surface area (Å²) in [5, 5.41) is 0. The fourth-order valence-corrected chi connectivity index (χ4v) is 1.32. The molecule has 0 spiro atoms. The molecular weight excluding hydrogens is 192 g/mol. The lowest BCUT2D eigenvalue weighted by molar-refractivity contribution is 0.0655. The monoisotopic (exact) mass is 208 g/mol. The number of ether oxygens (including phenoxy) is 2. The van der Waals surface area contributed by atoms with Crippen molar-refractivity contribution in [2.24, 2.45) is 0 Å². The maximum atomic E-state index is 11.8. The minimum absolute atomic E-state index is 0.0317. The summed E-state index contributed by atoms with van der Waals surface area (Å²) in [5.74, 6) is 0.694. The van der Waals surface area contributed by atoms with Gasteiger partial charge in [-0.1, -0.05) is 12.1 Å². The molecule has 0 saturated heterocycles. The molecule has 1 atom stereocenters. The lowest BCUT2D eigenvalue weighted by Gasteiger charge is -2.10. The predicted molar refractivity (Wildman–Crippen MR) is 58.5 cm³/mol. The molecule has 0 N–H and O–H groups in total. The Morgan fingerprint density at radius 2 is 2.00 bits per heavy atom. The Kier molecular flexibility index (Phi) is 3.86. The quantitative estimate of drug-likeness (QED) is 0.712. The molecule has 0 saturated carbocycles. The maximum Gasteiger partial charge on any atom is 0.191 e. The molecule has 82 valence electrons. The number of aryl methyl sites for hydroxylation is 1. The van der Waals surface area contributed by atoms with Gasteiger partial charge in [0.2, 0.25) is 0 Å². The summed E-state index contributed by atoms with van der Waals surface area (Å²) in [5.41, 5.74) is 1.63. The van der Waals surface area contributed by atoms with Crippen LogP contribution in [0.3, 0.4) is 0 Å². The van der Waals surface area contributed by atoms with Gasteiger partial charge in [0.05, 0.1) is 7.11 Å². The number of hydrogen-bond acceptors (Lipinski definition) is 3. The number of rotatable bonds is 4. The van der Waals surface area contributed by atoms with Crippen molar-refractivity contribution in [3.8, 4) is 5.75 Å². The van der Waals surface area contributed by atoms with E-state index >= 15 is 0 Å². The van der Waals surface area contributed by atoms with E-state index in [0.29, 0.717) is 5.56 Å². The van der Waals surface area contributed by atoms with E-state index in [1.807, 2.05) is 13.0 Å². The molecule has 15 heavy (non-hydrogen) atoms. The highest BCUT2D eigenvalue weighted by atomic mass is 16.5. The van der Waals surface area contributed by atoms with Crippen molar-refractivity contribution < 1.29 is 14.3 Å². The third-order valence-electron chi connectivity index (χ3n) is 2.42. The van der Waals surface area contributed by atoms with Crippen LogP contribution in [0.15, 0.2) is 18.2 Å². The molecule has 0 amide bonds. The Morgan fingerprint density at radius 3 is 2.53 bits per heavy atom. The van der Waals surface area contributed by atoms with Gasteiger partial charge in [-0.25, -0.2) is 0 Å². The maximum absolute atomic E-state index is 11.8. The zero-order valence-electron chi connectivity index (χ0n) is 9.53. The molecule has 0 radical (unpaired) electrons. The fourth-order valence-electron chi connectivity index (χ4n) is 1.32. The van der Waals surface area contributed by atoms with E-state index in [1.54, 1.807) is 26.2 Å². The van der Waals surface area contributed by atoms with Gasteiger partial charge < -0.3 is 9.47 Å². The van der Waals surface area contributed by atoms with Gasteiger partial charge in [-0.05, 0) is 25.5 Å². The zero-order valence-corrected chi connectivity index (χ0v) is 9.53. The number of hydrogen-bond donors (Lipinski definition) is 0. The van der Waals surface area contributed by atoms with Crippen LogP contribution in [0.5, 0.6) is 5.75 Å². The average molecular weight is 208 g/mol. The molecule has 1 rings (SSSR count). The van der Waals surface area contributed by atoms with E-state index in [-0.39, 0.29) is 5.78 Å². The molecule has 0 aromatic heterocycles. The van der Waals surface area contributed by atoms with E-state index in [2.05, 4.69) is 0 Å². The Hall–Kier alpha value is -1.35. The standard InChI is InChI=1S/C12H16O3/c1-8-5-6-10(7-11(8)15-4)12(13)9(2)14-3/h5-7,9H,1-4H3. The van der Waals surface area contributed by atoms with Crippen molar-refractivity contribution in [2.75, 3.05) is 14.2 Å². The number of Topliss-reactive ketones (excluding diaryl/α,β-unsaturated/α-hetero) is 1. The Balaban J connectivity index is 3.01. The molecule has 0 bridgehead atoms. The first kappa shape index (κ1) is 11.7. The van der Waals surface area contributed by atoms with Gasteiger partial charge >= 0.3 is 0 Å². The summed E-state index contributed by atoms with van der Waals surface area (Å²) < 4.78 is 10.1. The van der Waals surface area contributed by atoms with Gasteiger partial charge in [0, 0.05) is 12.7 Å². The molecule has 0 aliphatic carbocycles. The summed E-state index contributed by atoms with van der Waals surface area (Å²) in [6.07, 6.45) is -0.419. The normalized spacial score (nSPS) is 12.3. The van der Waals surface area contributed by atoms with E-state index in [0.717, 1.165) is 11.3 Å². The largest absolute Gasteiger partial charge is 0.496 e. The topological polar surface area (TPSA) is 35.5 Å². The molecule has 1 aromatic rings. The van der Waals surface area contributed by atoms with Gasteiger partial charge in [0.1, 0.15) is 11.9 Å². The molecule has 1 unspecified atom stereocenters. The molecule has 1 aromatic carbocycles. The molecular formula is C12H16O3. The first-order valence-electron chi connectivity index (χ1n) is 4.81. The predicted octanol–water partition coefficient (Wildman–Crippen LogP) is 2.22. The molecule has 3 nitrogen and oxygen atoms in total. The van der Waals surface area contributed by atoms with E-state index in [4.69, 9.17) is 9.47 Å². The van der Waals surface area contributed by atoms with Crippen LogP contribution in [-0.4, -0.2) is 26.1 Å². The second kappa shape index (κ2) is 4.94. The molecule has 0 aliphatic heterocycles. The Bertz CT molecular complexity index is 358. The Labute approximate surface area is 90.0 Å². The van der Waals surface area contributed by atoms with Crippen LogP contribution in [0.1, 0.15) is 22.8 Å². The fraction of sp³-hybridized carbons (Fsp3) is 0.417. The highest BCUT2D eigenvalue weighted by Gasteiger charge is 2.15. The first-order valence-corrected chi connectivity index (χ1v) is 4.81. The smallest absolute Gasteiger partial charge is 0.191 e. The highest BCUT2D eigenvalue weighted by molar-refractivity contribution is 5.99. The molecule has 0 heterocycles. The molecule has 3 heteroatoms. The van der Waals surface area contributed by atoms with Gasteiger partial charge in [-0.15, -0.1) is 0 Å². The van der Waals surface area contributed by atoms with Crippen LogP contribution in [0.4, 0.5) is 0 Å². The number of benzene rings is 1. The Morgan fingerprint density at radius 1 is 1.33 bits per heavy atom. The second-order valence-corrected chi connectivity index (χ2v) is 3.43. The van der Waals surface area contributed by atoms with E-state index in [1.165, 1.54) is 7.11 Å². The summed E-state index contributed by atoms with van der Waals surface area (Å²) in [4.78, 5) is 11.8. The van der Waals surface area contributed by atoms with E-state index < -0.39 is 6.10 Å². The van der Waals surface area contributed by atoms with Gasteiger partial charge in [-0.3, -0.25) is 4.79 Å². The lowest BCUT2D eigenvalue weighted by atomic mass is 10.0. The third-order valence-corrected chi connectivity index (χ3v) is 2.42. The van der Waals surface area contributed by atoms with Crippen molar-refractivity contribution in [1.29, 1.82) is 0 Å². The number of methoxy groups -OCH3 is 2. The lowest BCUT2D eigenvalue weighted by Crippen LogP contribution is -2.19. The van der Waals surface area contributed by atoms with Crippen molar-refractivity contribution in [3.05, 3.63) is 29.3 Å². The minimum atomic E-state index is -0.419. The van der Waals surface area contributed by atoms with Crippen molar-refractivity contribution >= 4 is 5.78 Å². The molecule has 0 aliphatic rings. The zero-order chi connectivity index (χ0) is 11.4. The SMILES string of the molecule is COc1cc(C(=O)C(C)OC)ccc1C. The summed E-state index contributed by atoms with van der Waals surface area (Å²) in [7, 11) is 3.12. The first-order chi connectivity index (χ1) is 7.10. The second-order valence-electron chi connectivity index (χ2n) is 3.43. The van der Waals surface area contributed by atoms with Crippen LogP contribution >= 0.6 is 0 Å². The van der Waals surface area contributed by atoms with Crippen LogP contribution in [0.25, 0.3) is 0 Å². The highest BCUT2D eigenvalue weighted by Crippen LogP contribution is 2.20. The van der Waals surface area contributed by atoms with Gasteiger partial charge in [0.25, 0.3) is 0 Å². The van der Waals surface area contributed by atoms with Crippen LogP contribution < -0.4 is 4.74 Å². The van der Waals surface area contributed by atoms with Crippen molar-refractivity contribution in [1.82, 2.24) is 0 Å². The van der Waals surface area contributed by atoms with Crippen molar-refractivity contribution in [3.63, 3.8) is 0 Å². The summed E-state index contributed by atoms with van der Waals surface area (Å²) in [6.45, 7) is 3.67. The number of carbonyl (C=O) groups excluding carboxylic acids is 1. The summed E-state index contributed by atoms with van der Waals surface area (Å²) >= 11 is 0. The third kappa shape index (κ3) is 2.57. The van der Waals surface area contributed by atoms with Crippen LogP contribution in [0, 0.1) is 6.92 Å². The van der Waals surface area contributed by atoms with E-state index in [9.17, 15) is 4.79 Å². The van der Waals surface area contributed by atoms with Crippen molar-refractivity contribution in [2.45, 2.75) is 20.0 Å². The minimum Gasteiger partial charge on any atom is -0.496 e. The summed E-state index contributed by atoms with van der Waals surface area (Å²) in [6, 6.07) is 5.40. The average Bonchev–Trinajstić information content (AvgIpc) is 2.27. The van der Waals surface area contributed by atoms with Crippen LogP contribution in [-0.2, 0) is 4.74 Å². The number of ketones is 1.